The van der Waals surface area contributed by atoms with E-state index in [1.807, 2.05) is 13.1 Å². The van der Waals surface area contributed by atoms with E-state index in [2.05, 4.69) is 4.90 Å². The van der Waals surface area contributed by atoms with E-state index in [1.54, 1.807) is 17.0 Å². The lowest BCUT2D eigenvalue weighted by molar-refractivity contribution is -0.132. The summed E-state index contributed by atoms with van der Waals surface area (Å²) in [5.41, 5.74) is 0.798. The average molecular weight is 383 g/mol. The third kappa shape index (κ3) is 4.66. The number of rotatable bonds is 6. The van der Waals surface area contributed by atoms with Gasteiger partial charge in [-0.15, -0.1) is 0 Å². The van der Waals surface area contributed by atoms with Gasteiger partial charge in [0.15, 0.2) is 11.5 Å². The molecule has 1 amide bonds. The van der Waals surface area contributed by atoms with Crippen molar-refractivity contribution >= 4 is 15.9 Å². The molecule has 1 aromatic rings. The third-order valence-corrected chi connectivity index (χ3v) is 5.95. The molecule has 0 bridgehead atoms. The van der Waals surface area contributed by atoms with Crippen molar-refractivity contribution < 1.29 is 22.7 Å². The maximum absolute atomic E-state index is 12.4. The van der Waals surface area contributed by atoms with Crippen LogP contribution in [0.2, 0.25) is 0 Å². The summed E-state index contributed by atoms with van der Waals surface area (Å²) in [5, 5.41) is 0. The van der Waals surface area contributed by atoms with Crippen LogP contribution in [0, 0.1) is 0 Å². The summed E-state index contributed by atoms with van der Waals surface area (Å²) < 4.78 is 36.2. The van der Waals surface area contributed by atoms with Crippen molar-refractivity contribution in [2.75, 3.05) is 52.8 Å². The minimum atomic E-state index is -3.43. The maximum Gasteiger partial charge on any atom is 0.231 e. The number of piperazine rings is 1. The summed E-state index contributed by atoms with van der Waals surface area (Å²) in [6, 6.07) is 5.37. The summed E-state index contributed by atoms with van der Waals surface area (Å²) >= 11 is 0. The first-order valence-electron chi connectivity index (χ1n) is 8.63. The molecule has 0 atom stereocenters. The normalized spacial score (nSPS) is 17.7. The fourth-order valence-electron chi connectivity index (χ4n) is 3.04. The summed E-state index contributed by atoms with van der Waals surface area (Å²) in [4.78, 5) is 16.4. The van der Waals surface area contributed by atoms with Crippen molar-refractivity contribution in [1.29, 1.82) is 0 Å². The van der Waals surface area contributed by atoms with Crippen LogP contribution < -0.4 is 9.47 Å². The molecule has 0 N–H and O–H groups in total. The van der Waals surface area contributed by atoms with Crippen LogP contribution in [0.15, 0.2) is 18.2 Å². The van der Waals surface area contributed by atoms with Crippen LogP contribution in [-0.4, -0.2) is 81.3 Å². The smallest absolute Gasteiger partial charge is 0.231 e. The van der Waals surface area contributed by atoms with E-state index in [1.165, 1.54) is 10.6 Å². The molecule has 8 nitrogen and oxygen atoms in total. The number of fused-ring (bicyclic) bond motifs is 1. The Morgan fingerprint density at radius 2 is 1.85 bits per heavy atom. The molecule has 0 spiro atoms. The SMILES string of the molecule is CN1CCN(C(=O)CCN(Cc2ccc3c(c2)OCO3)S(C)(=O)=O)CC1. The molecule has 0 unspecified atom stereocenters. The largest absolute Gasteiger partial charge is 0.454 e. The highest BCUT2D eigenvalue weighted by atomic mass is 32.2. The fourth-order valence-corrected chi connectivity index (χ4v) is 3.85. The van der Waals surface area contributed by atoms with Gasteiger partial charge < -0.3 is 19.3 Å². The van der Waals surface area contributed by atoms with E-state index in [0.717, 1.165) is 18.7 Å². The second kappa shape index (κ2) is 7.81. The number of sulfonamides is 1. The second-order valence-corrected chi connectivity index (χ2v) is 8.70. The number of carbonyl (C=O) groups excluding carboxylic acids is 1. The number of ether oxygens (including phenoxy) is 2. The van der Waals surface area contributed by atoms with Crippen LogP contribution in [0.4, 0.5) is 0 Å². The predicted octanol–water partition coefficient (Wildman–Crippen LogP) is 0.341. The molecular formula is C17H25N3O5S. The Kier molecular flexibility index (Phi) is 5.69. The first kappa shape index (κ1) is 18.9. The second-order valence-electron chi connectivity index (χ2n) is 6.72. The van der Waals surface area contributed by atoms with Crippen molar-refractivity contribution in [3.8, 4) is 11.5 Å². The van der Waals surface area contributed by atoms with Gasteiger partial charge >= 0.3 is 0 Å². The van der Waals surface area contributed by atoms with E-state index in [0.29, 0.717) is 24.6 Å². The molecule has 9 heteroatoms. The molecule has 1 saturated heterocycles. The summed E-state index contributed by atoms with van der Waals surface area (Å²) in [6.07, 6.45) is 1.35. The van der Waals surface area contributed by atoms with Crippen LogP contribution in [0.25, 0.3) is 0 Å². The average Bonchev–Trinajstić information content (AvgIpc) is 3.05. The van der Waals surface area contributed by atoms with Gasteiger partial charge in [-0.25, -0.2) is 8.42 Å². The molecule has 2 aliphatic heterocycles. The summed E-state index contributed by atoms with van der Waals surface area (Å²) in [7, 11) is -1.40. The van der Waals surface area contributed by atoms with Crippen molar-refractivity contribution in [2.24, 2.45) is 0 Å². The summed E-state index contributed by atoms with van der Waals surface area (Å²) in [6.45, 7) is 3.61. The van der Waals surface area contributed by atoms with Crippen molar-refractivity contribution in [2.45, 2.75) is 13.0 Å². The van der Waals surface area contributed by atoms with E-state index >= 15 is 0 Å². The molecule has 0 aliphatic carbocycles. The molecule has 144 valence electrons. The van der Waals surface area contributed by atoms with Gasteiger partial charge in [0.1, 0.15) is 0 Å². The Balaban J connectivity index is 1.61. The molecule has 2 aliphatic rings. The molecular weight excluding hydrogens is 358 g/mol. The van der Waals surface area contributed by atoms with Gasteiger partial charge in [0, 0.05) is 45.7 Å². The zero-order valence-electron chi connectivity index (χ0n) is 15.2. The quantitative estimate of drug-likeness (QED) is 0.705. The van der Waals surface area contributed by atoms with Gasteiger partial charge in [-0.1, -0.05) is 6.07 Å². The third-order valence-electron chi connectivity index (χ3n) is 4.70. The monoisotopic (exact) mass is 383 g/mol. The first-order chi connectivity index (χ1) is 12.3. The number of hydrogen-bond donors (Lipinski definition) is 0. The van der Waals surface area contributed by atoms with Gasteiger partial charge in [-0.2, -0.15) is 4.31 Å². The Hall–Kier alpha value is -1.84. The Labute approximate surface area is 154 Å². The van der Waals surface area contributed by atoms with Crippen LogP contribution in [-0.2, 0) is 21.4 Å². The lowest BCUT2D eigenvalue weighted by Gasteiger charge is -2.33. The van der Waals surface area contributed by atoms with Crippen molar-refractivity contribution in [3.63, 3.8) is 0 Å². The van der Waals surface area contributed by atoms with Crippen LogP contribution in [0.3, 0.4) is 0 Å². The molecule has 0 aromatic heterocycles. The topological polar surface area (TPSA) is 79.4 Å². The minimum absolute atomic E-state index is 0.00237. The lowest BCUT2D eigenvalue weighted by Crippen LogP contribution is -2.47. The highest BCUT2D eigenvalue weighted by Crippen LogP contribution is 2.33. The Morgan fingerprint density at radius 1 is 1.15 bits per heavy atom. The highest BCUT2D eigenvalue weighted by Gasteiger charge is 2.23. The number of hydrogen-bond acceptors (Lipinski definition) is 6. The van der Waals surface area contributed by atoms with Crippen LogP contribution in [0.5, 0.6) is 11.5 Å². The molecule has 2 heterocycles. The standard InChI is InChI=1S/C17H25N3O5S/c1-18-7-9-19(10-8-18)17(21)5-6-20(26(2,22)23)12-14-3-4-15-16(11-14)25-13-24-15/h3-4,11H,5-10,12-13H2,1-2H3. The van der Waals surface area contributed by atoms with Crippen molar-refractivity contribution in [3.05, 3.63) is 23.8 Å². The number of benzene rings is 1. The molecule has 0 radical (unpaired) electrons. The first-order valence-corrected chi connectivity index (χ1v) is 10.5. The van der Waals surface area contributed by atoms with Gasteiger partial charge in [0.2, 0.25) is 22.7 Å². The maximum atomic E-state index is 12.4. The molecule has 1 aromatic carbocycles. The molecule has 1 fully saturated rings. The van der Waals surface area contributed by atoms with E-state index in [4.69, 9.17) is 9.47 Å². The Bertz CT molecular complexity index is 760. The highest BCUT2D eigenvalue weighted by molar-refractivity contribution is 7.88. The Morgan fingerprint density at radius 3 is 2.54 bits per heavy atom. The zero-order valence-corrected chi connectivity index (χ0v) is 16.0. The lowest BCUT2D eigenvalue weighted by atomic mass is 10.2. The zero-order chi connectivity index (χ0) is 18.7. The summed E-state index contributed by atoms with van der Waals surface area (Å²) in [5.74, 6) is 1.27. The van der Waals surface area contributed by atoms with E-state index < -0.39 is 10.0 Å². The van der Waals surface area contributed by atoms with Gasteiger partial charge in [-0.3, -0.25) is 4.79 Å². The van der Waals surface area contributed by atoms with E-state index in [9.17, 15) is 13.2 Å². The van der Waals surface area contributed by atoms with Gasteiger partial charge in [0.05, 0.1) is 6.26 Å². The minimum Gasteiger partial charge on any atom is -0.454 e. The van der Waals surface area contributed by atoms with Crippen molar-refractivity contribution in [1.82, 2.24) is 14.1 Å². The molecule has 26 heavy (non-hydrogen) atoms. The predicted molar refractivity (Wildman–Crippen MR) is 96.5 cm³/mol. The number of carbonyl (C=O) groups is 1. The van der Waals surface area contributed by atoms with Gasteiger partial charge in [-0.05, 0) is 24.7 Å². The van der Waals surface area contributed by atoms with Gasteiger partial charge in [0.25, 0.3) is 0 Å². The van der Waals surface area contributed by atoms with Crippen LogP contribution in [0.1, 0.15) is 12.0 Å². The van der Waals surface area contributed by atoms with Crippen LogP contribution >= 0.6 is 0 Å². The fraction of sp³-hybridized carbons (Fsp3) is 0.588. The van der Waals surface area contributed by atoms with E-state index in [-0.39, 0.29) is 32.2 Å². The number of amides is 1. The number of likely N-dealkylation sites (N-methyl/N-ethyl adjacent to an activating group) is 1. The molecule has 0 saturated carbocycles. The molecule has 3 rings (SSSR count). The number of nitrogens with zero attached hydrogens (tertiary/aromatic N) is 3.